The van der Waals surface area contributed by atoms with Gasteiger partial charge in [0.15, 0.2) is 11.5 Å². The van der Waals surface area contributed by atoms with Crippen LogP contribution in [0, 0.1) is 5.41 Å². The van der Waals surface area contributed by atoms with Crippen LogP contribution in [0.25, 0.3) is 0 Å². The number of carbonyl (C=O) groups is 1. The van der Waals surface area contributed by atoms with Crippen molar-refractivity contribution in [1.82, 2.24) is 4.90 Å². The lowest BCUT2D eigenvalue weighted by molar-refractivity contribution is -0.0517. The summed E-state index contributed by atoms with van der Waals surface area (Å²) in [5.74, 6) is -0.494. The Kier molecular flexibility index (Phi) is 6.80. The van der Waals surface area contributed by atoms with E-state index < -0.39 is 6.61 Å². The van der Waals surface area contributed by atoms with Crippen LogP contribution in [0.1, 0.15) is 30.6 Å². The Morgan fingerprint density at radius 1 is 1.42 bits per heavy atom. The van der Waals surface area contributed by atoms with Gasteiger partial charge in [-0.05, 0) is 24.0 Å². The molecule has 0 saturated carbocycles. The first-order chi connectivity index (χ1) is 10.8. The monoisotopic (exact) mass is 364 g/mol. The fourth-order valence-corrected chi connectivity index (χ4v) is 2.77. The molecule has 2 N–H and O–H groups in total. The maximum absolute atomic E-state index is 12.8. The Bertz CT molecular complexity index is 584. The summed E-state index contributed by atoms with van der Waals surface area (Å²) in [6.07, 6.45) is 0.660. The molecule has 1 unspecified atom stereocenters. The first-order valence-corrected chi connectivity index (χ1v) is 7.43. The van der Waals surface area contributed by atoms with E-state index in [1.54, 1.807) is 11.0 Å². The molecule has 1 fully saturated rings. The number of nitrogens with zero attached hydrogens (tertiary/aromatic N) is 1. The van der Waals surface area contributed by atoms with Crippen molar-refractivity contribution in [3.63, 3.8) is 0 Å². The minimum Gasteiger partial charge on any atom is -0.493 e. The van der Waals surface area contributed by atoms with Crippen LogP contribution in [0.15, 0.2) is 18.2 Å². The van der Waals surface area contributed by atoms with Gasteiger partial charge in [0.2, 0.25) is 0 Å². The normalized spacial score (nSPS) is 19.6. The molecule has 24 heavy (non-hydrogen) atoms. The minimum atomic E-state index is -3.04. The number of para-hydroxylation sites is 1. The number of likely N-dealkylation sites (tertiary alicyclic amines) is 1. The molecule has 1 saturated heterocycles. The quantitative estimate of drug-likeness (QED) is 0.892. The van der Waals surface area contributed by atoms with Gasteiger partial charge >= 0.3 is 6.61 Å². The van der Waals surface area contributed by atoms with E-state index >= 15 is 0 Å². The molecule has 1 aromatic carbocycles. The van der Waals surface area contributed by atoms with E-state index in [1.165, 1.54) is 19.2 Å². The van der Waals surface area contributed by atoms with Gasteiger partial charge in [0.25, 0.3) is 5.91 Å². The lowest BCUT2D eigenvalue weighted by Gasteiger charge is -2.42. The maximum Gasteiger partial charge on any atom is 0.387 e. The molecule has 2 rings (SSSR count). The number of amides is 1. The number of alkyl halides is 2. The first kappa shape index (κ1) is 20.4. The number of rotatable bonds is 4. The molecular formula is C16H23ClF2N2O3. The van der Waals surface area contributed by atoms with Gasteiger partial charge in [-0.15, -0.1) is 12.4 Å². The Morgan fingerprint density at radius 3 is 2.62 bits per heavy atom. The second-order valence-electron chi connectivity index (χ2n) is 6.33. The summed E-state index contributed by atoms with van der Waals surface area (Å²) < 4.78 is 34.9. The highest BCUT2D eigenvalue weighted by atomic mass is 35.5. The zero-order chi connectivity index (χ0) is 17.2. The highest BCUT2D eigenvalue weighted by Gasteiger charge is 2.36. The smallest absolute Gasteiger partial charge is 0.387 e. The summed E-state index contributed by atoms with van der Waals surface area (Å²) in [5.41, 5.74) is 5.90. The third kappa shape index (κ3) is 4.27. The molecule has 1 atom stereocenters. The third-order valence-electron chi connectivity index (χ3n) is 4.24. The Morgan fingerprint density at radius 2 is 2.08 bits per heavy atom. The van der Waals surface area contributed by atoms with Crippen molar-refractivity contribution >= 4 is 18.3 Å². The molecule has 0 aliphatic carbocycles. The van der Waals surface area contributed by atoms with Crippen molar-refractivity contribution in [3.8, 4) is 11.5 Å². The van der Waals surface area contributed by atoms with Crippen LogP contribution in [0.4, 0.5) is 8.78 Å². The lowest BCUT2D eigenvalue weighted by Crippen LogP contribution is -2.54. The average molecular weight is 365 g/mol. The fourth-order valence-electron chi connectivity index (χ4n) is 2.77. The molecule has 0 bridgehead atoms. The van der Waals surface area contributed by atoms with Crippen LogP contribution in [0.2, 0.25) is 0 Å². The minimum absolute atomic E-state index is 0. The summed E-state index contributed by atoms with van der Waals surface area (Å²) >= 11 is 0. The van der Waals surface area contributed by atoms with Gasteiger partial charge in [-0.1, -0.05) is 19.9 Å². The molecule has 1 aliphatic heterocycles. The zero-order valence-corrected chi connectivity index (χ0v) is 14.7. The second kappa shape index (κ2) is 7.98. The Hall–Kier alpha value is -1.60. The first-order valence-electron chi connectivity index (χ1n) is 7.43. The zero-order valence-electron chi connectivity index (χ0n) is 13.9. The number of hydrogen-bond acceptors (Lipinski definition) is 4. The fraction of sp³-hybridized carbons (Fsp3) is 0.562. The molecule has 1 aliphatic rings. The predicted octanol–water partition coefficient (Wildman–Crippen LogP) is 2.92. The molecule has 1 aromatic rings. The van der Waals surface area contributed by atoms with E-state index in [0.29, 0.717) is 19.5 Å². The number of benzene rings is 1. The summed E-state index contributed by atoms with van der Waals surface area (Å²) in [5, 5.41) is 0. The predicted molar refractivity (Wildman–Crippen MR) is 89.2 cm³/mol. The number of carbonyl (C=O) groups excluding carboxylic acids is 1. The van der Waals surface area contributed by atoms with Crippen LogP contribution >= 0.6 is 12.4 Å². The van der Waals surface area contributed by atoms with Crippen LogP contribution in [-0.2, 0) is 0 Å². The molecule has 136 valence electrons. The largest absolute Gasteiger partial charge is 0.493 e. The van der Waals surface area contributed by atoms with Crippen molar-refractivity contribution in [2.24, 2.45) is 11.1 Å². The van der Waals surface area contributed by atoms with Gasteiger partial charge in [0.1, 0.15) is 0 Å². The van der Waals surface area contributed by atoms with E-state index in [-0.39, 0.29) is 46.8 Å². The van der Waals surface area contributed by atoms with Crippen molar-refractivity contribution in [2.75, 3.05) is 20.2 Å². The van der Waals surface area contributed by atoms with Gasteiger partial charge < -0.3 is 20.1 Å². The summed E-state index contributed by atoms with van der Waals surface area (Å²) in [4.78, 5) is 14.4. The van der Waals surface area contributed by atoms with E-state index in [2.05, 4.69) is 4.74 Å². The molecule has 1 amide bonds. The van der Waals surface area contributed by atoms with E-state index in [9.17, 15) is 13.6 Å². The summed E-state index contributed by atoms with van der Waals surface area (Å²) in [6.45, 7) is 1.87. The molecule has 8 heteroatoms. The number of nitrogens with two attached hydrogens (primary N) is 1. The van der Waals surface area contributed by atoms with Gasteiger partial charge in [0.05, 0.1) is 12.7 Å². The standard InChI is InChI=1S/C16H22F2N2O3.ClH/c1-16(2)9-20(8-7-12(16)19)14(21)10-5-4-6-11(22-3)13(10)23-15(17)18;/h4-6,12,15H,7-9,19H2,1-3H3;1H. The van der Waals surface area contributed by atoms with Gasteiger partial charge in [0, 0.05) is 19.1 Å². The van der Waals surface area contributed by atoms with Crippen molar-refractivity contribution in [1.29, 1.82) is 0 Å². The van der Waals surface area contributed by atoms with Crippen molar-refractivity contribution in [2.45, 2.75) is 32.9 Å². The Labute approximate surface area is 146 Å². The topological polar surface area (TPSA) is 64.8 Å². The highest BCUT2D eigenvalue weighted by Crippen LogP contribution is 2.35. The van der Waals surface area contributed by atoms with E-state index in [0.717, 1.165) is 0 Å². The highest BCUT2D eigenvalue weighted by molar-refractivity contribution is 5.98. The van der Waals surface area contributed by atoms with Crippen molar-refractivity contribution < 1.29 is 23.0 Å². The van der Waals surface area contributed by atoms with Crippen molar-refractivity contribution in [3.05, 3.63) is 23.8 Å². The van der Waals surface area contributed by atoms with Gasteiger partial charge in [-0.3, -0.25) is 4.79 Å². The third-order valence-corrected chi connectivity index (χ3v) is 4.24. The van der Waals surface area contributed by atoms with E-state index in [1.807, 2.05) is 13.8 Å². The lowest BCUT2D eigenvalue weighted by atomic mass is 9.79. The SMILES string of the molecule is COc1cccc(C(=O)N2CCC(N)C(C)(C)C2)c1OC(F)F.Cl. The molecule has 0 aromatic heterocycles. The molecule has 0 radical (unpaired) electrons. The number of hydrogen-bond donors (Lipinski definition) is 1. The van der Waals surface area contributed by atoms with E-state index in [4.69, 9.17) is 10.5 Å². The molecular weight excluding hydrogens is 342 g/mol. The number of methoxy groups -OCH3 is 1. The number of halogens is 3. The van der Waals surface area contributed by atoms with Crippen LogP contribution in [-0.4, -0.2) is 43.7 Å². The second-order valence-corrected chi connectivity index (χ2v) is 6.33. The van der Waals surface area contributed by atoms with Gasteiger partial charge in [-0.2, -0.15) is 8.78 Å². The Balaban J connectivity index is 0.00000288. The van der Waals surface area contributed by atoms with Gasteiger partial charge in [-0.25, -0.2) is 0 Å². The van der Waals surface area contributed by atoms with Crippen LogP contribution < -0.4 is 15.2 Å². The van der Waals surface area contributed by atoms with Crippen LogP contribution in [0.3, 0.4) is 0 Å². The molecule has 0 spiro atoms. The maximum atomic E-state index is 12.8. The number of piperidine rings is 1. The summed E-state index contributed by atoms with van der Waals surface area (Å²) in [7, 11) is 1.34. The molecule has 5 nitrogen and oxygen atoms in total. The average Bonchev–Trinajstić information content (AvgIpc) is 2.49. The number of ether oxygens (including phenoxy) is 2. The van der Waals surface area contributed by atoms with Crippen LogP contribution in [0.5, 0.6) is 11.5 Å². The molecule has 1 heterocycles. The summed E-state index contributed by atoms with van der Waals surface area (Å²) in [6, 6.07) is 4.51.